The van der Waals surface area contributed by atoms with E-state index < -0.39 is 12.1 Å². The number of ketones is 1. The molecule has 1 atom stereocenters. The molecule has 0 fully saturated rings. The van der Waals surface area contributed by atoms with Crippen molar-refractivity contribution in [2.75, 3.05) is 7.11 Å². The van der Waals surface area contributed by atoms with Crippen LogP contribution in [0.1, 0.15) is 31.7 Å². The van der Waals surface area contributed by atoms with Crippen LogP contribution in [0.15, 0.2) is 72.8 Å². The Morgan fingerprint density at radius 3 is 2.16 bits per heavy atom. The Morgan fingerprint density at radius 2 is 1.52 bits per heavy atom. The van der Waals surface area contributed by atoms with E-state index in [1.807, 2.05) is 12.1 Å². The second kappa shape index (κ2) is 9.10. The number of ether oxygens (including phenoxy) is 2. The average molecular weight is 471 g/mol. The number of halogens is 2. The van der Waals surface area contributed by atoms with E-state index in [9.17, 15) is 9.59 Å². The molecule has 1 aromatic heterocycles. The van der Waals surface area contributed by atoms with Gasteiger partial charge in [0.2, 0.25) is 5.78 Å². The fourth-order valence-corrected chi connectivity index (χ4v) is 4.95. The number of carbonyl (C=O) groups excluding carboxylic acids is 2. The maximum absolute atomic E-state index is 13.2. The number of carbonyl (C=O) groups is 2. The summed E-state index contributed by atoms with van der Waals surface area (Å²) in [7, 11) is 1.51. The number of fused-ring (bicyclic) bond motifs is 1. The Labute approximate surface area is 192 Å². The highest BCUT2D eigenvalue weighted by atomic mass is 35.5. The second-order valence-electron chi connectivity index (χ2n) is 6.63. The fourth-order valence-electron chi connectivity index (χ4n) is 3.18. The van der Waals surface area contributed by atoms with E-state index in [2.05, 4.69) is 0 Å². The van der Waals surface area contributed by atoms with Crippen LogP contribution >= 0.6 is 34.5 Å². The van der Waals surface area contributed by atoms with E-state index in [0.29, 0.717) is 32.0 Å². The van der Waals surface area contributed by atoms with Crippen LogP contribution in [0.2, 0.25) is 10.0 Å². The number of hydrogen-bond acceptors (Lipinski definition) is 5. The third-order valence-electron chi connectivity index (χ3n) is 4.73. The molecule has 0 N–H and O–H groups in total. The smallest absolute Gasteiger partial charge is 0.350 e. The standard InChI is InChI=1S/C24H16Cl2O4S/c1-29-17-13-12-16-18(25)23(31-22(16)19(17)26)24(28)30-21(15-10-6-3-7-11-15)20(27)14-8-4-2-5-9-14/h2-13,21H,1H3. The Kier molecular flexibility index (Phi) is 6.28. The van der Waals surface area contributed by atoms with Gasteiger partial charge >= 0.3 is 5.97 Å². The number of rotatable bonds is 6. The number of thiophene rings is 1. The lowest BCUT2D eigenvalue weighted by Crippen LogP contribution is -2.20. The molecule has 0 aliphatic heterocycles. The van der Waals surface area contributed by atoms with Crippen molar-refractivity contribution in [2.45, 2.75) is 6.10 Å². The third-order valence-corrected chi connectivity index (χ3v) is 6.93. The lowest BCUT2D eigenvalue weighted by molar-refractivity contribution is 0.0285. The summed E-state index contributed by atoms with van der Waals surface area (Å²) in [5.74, 6) is -0.537. The van der Waals surface area contributed by atoms with Crippen LogP contribution < -0.4 is 4.74 Å². The van der Waals surface area contributed by atoms with Gasteiger partial charge < -0.3 is 9.47 Å². The lowest BCUT2D eigenvalue weighted by Gasteiger charge is -2.17. The van der Waals surface area contributed by atoms with E-state index >= 15 is 0 Å². The summed E-state index contributed by atoms with van der Waals surface area (Å²) in [6.07, 6.45) is -1.11. The van der Waals surface area contributed by atoms with Gasteiger partial charge in [0.1, 0.15) is 15.6 Å². The van der Waals surface area contributed by atoms with Gasteiger partial charge in [-0.15, -0.1) is 11.3 Å². The zero-order chi connectivity index (χ0) is 22.0. The Balaban J connectivity index is 1.72. The van der Waals surface area contributed by atoms with Crippen LogP contribution in [0.3, 0.4) is 0 Å². The molecule has 1 unspecified atom stereocenters. The molecule has 3 aromatic carbocycles. The molecule has 0 saturated heterocycles. The van der Waals surface area contributed by atoms with Crippen molar-refractivity contribution in [3.05, 3.63) is 98.8 Å². The predicted octanol–water partition coefficient (Wildman–Crippen LogP) is 7.00. The number of hydrogen-bond donors (Lipinski definition) is 0. The van der Waals surface area contributed by atoms with Crippen LogP contribution in [0.25, 0.3) is 10.1 Å². The summed E-state index contributed by atoms with van der Waals surface area (Å²) in [6.45, 7) is 0. The van der Waals surface area contributed by atoms with Gasteiger partial charge in [0.05, 0.1) is 16.8 Å². The van der Waals surface area contributed by atoms with Crippen LogP contribution in [0.4, 0.5) is 0 Å². The van der Waals surface area contributed by atoms with Crippen LogP contribution in [-0.2, 0) is 4.74 Å². The van der Waals surface area contributed by atoms with Gasteiger partial charge in [-0.3, -0.25) is 4.79 Å². The van der Waals surface area contributed by atoms with E-state index in [4.69, 9.17) is 32.7 Å². The zero-order valence-electron chi connectivity index (χ0n) is 16.3. The van der Waals surface area contributed by atoms with Gasteiger partial charge in [0.15, 0.2) is 6.10 Å². The first-order valence-corrected chi connectivity index (χ1v) is 10.9. The first kappa shape index (κ1) is 21.4. The molecule has 1 heterocycles. The van der Waals surface area contributed by atoms with Crippen molar-refractivity contribution in [3.63, 3.8) is 0 Å². The molecule has 0 aliphatic carbocycles. The first-order valence-electron chi connectivity index (χ1n) is 9.31. The maximum atomic E-state index is 13.2. The molecule has 31 heavy (non-hydrogen) atoms. The van der Waals surface area contributed by atoms with E-state index in [1.54, 1.807) is 60.7 Å². The second-order valence-corrected chi connectivity index (χ2v) is 8.41. The monoisotopic (exact) mass is 470 g/mol. The maximum Gasteiger partial charge on any atom is 0.350 e. The van der Waals surface area contributed by atoms with E-state index in [-0.39, 0.29) is 15.7 Å². The van der Waals surface area contributed by atoms with Crippen molar-refractivity contribution >= 4 is 56.4 Å². The summed E-state index contributed by atoms with van der Waals surface area (Å²) < 4.78 is 11.6. The van der Waals surface area contributed by atoms with E-state index in [1.165, 1.54) is 7.11 Å². The minimum atomic E-state index is -1.11. The SMILES string of the molecule is COc1ccc2c(Cl)c(C(=O)OC(C(=O)c3ccccc3)c3ccccc3)sc2c1Cl. The highest BCUT2D eigenvalue weighted by Crippen LogP contribution is 2.43. The first-order chi connectivity index (χ1) is 15.0. The topological polar surface area (TPSA) is 52.6 Å². The molecule has 0 amide bonds. The molecule has 4 rings (SSSR count). The van der Waals surface area contributed by atoms with Crippen molar-refractivity contribution in [1.29, 1.82) is 0 Å². The van der Waals surface area contributed by atoms with Gasteiger partial charge in [0, 0.05) is 16.5 Å². The molecular formula is C24H16Cl2O4S. The van der Waals surface area contributed by atoms with Gasteiger partial charge in [-0.05, 0) is 12.1 Å². The number of esters is 1. The van der Waals surface area contributed by atoms with Gasteiger partial charge in [-0.25, -0.2) is 4.79 Å². The summed E-state index contributed by atoms with van der Waals surface area (Å²) in [5, 5.41) is 1.22. The fraction of sp³-hybridized carbons (Fsp3) is 0.0833. The molecule has 4 nitrogen and oxygen atoms in total. The van der Waals surface area contributed by atoms with Crippen LogP contribution in [-0.4, -0.2) is 18.9 Å². The highest BCUT2D eigenvalue weighted by Gasteiger charge is 2.29. The molecule has 7 heteroatoms. The number of methoxy groups -OCH3 is 1. The predicted molar refractivity (Wildman–Crippen MR) is 124 cm³/mol. The van der Waals surface area contributed by atoms with Gasteiger partial charge in [-0.2, -0.15) is 0 Å². The third kappa shape index (κ3) is 4.17. The summed E-state index contributed by atoms with van der Waals surface area (Å²) in [4.78, 5) is 26.4. The van der Waals surface area contributed by atoms with Gasteiger partial charge in [-0.1, -0.05) is 83.9 Å². The molecule has 4 aromatic rings. The summed E-state index contributed by atoms with van der Waals surface area (Å²) in [6, 6.07) is 21.0. The average Bonchev–Trinajstić information content (AvgIpc) is 3.16. The normalized spacial score (nSPS) is 11.8. The Bertz CT molecular complexity index is 1250. The molecule has 0 bridgehead atoms. The Morgan fingerprint density at radius 1 is 0.871 bits per heavy atom. The lowest BCUT2D eigenvalue weighted by atomic mass is 10.00. The minimum Gasteiger partial charge on any atom is -0.495 e. The van der Waals surface area contributed by atoms with Gasteiger partial charge in [0.25, 0.3) is 0 Å². The molecule has 0 saturated carbocycles. The quantitative estimate of drug-likeness (QED) is 0.225. The number of Topliss-reactive ketones (excluding diaryl/α,β-unsaturated/α-hetero) is 1. The van der Waals surface area contributed by atoms with Crippen LogP contribution in [0, 0.1) is 0 Å². The van der Waals surface area contributed by atoms with E-state index in [0.717, 1.165) is 11.3 Å². The van der Waals surface area contributed by atoms with Crippen molar-refractivity contribution in [1.82, 2.24) is 0 Å². The molecule has 0 spiro atoms. The zero-order valence-corrected chi connectivity index (χ0v) is 18.6. The molecule has 0 radical (unpaired) electrons. The largest absolute Gasteiger partial charge is 0.495 e. The molecule has 0 aliphatic rings. The minimum absolute atomic E-state index is 0.175. The Hall–Kier alpha value is -2.86. The highest BCUT2D eigenvalue weighted by molar-refractivity contribution is 7.22. The molecule has 156 valence electrons. The van der Waals surface area contributed by atoms with Crippen molar-refractivity contribution in [2.24, 2.45) is 0 Å². The molecular weight excluding hydrogens is 455 g/mol. The summed E-state index contributed by atoms with van der Waals surface area (Å²) in [5.41, 5.74) is 1.01. The van der Waals surface area contributed by atoms with Crippen LogP contribution in [0.5, 0.6) is 5.75 Å². The summed E-state index contributed by atoms with van der Waals surface area (Å²) >= 11 is 14.0. The number of benzene rings is 3. The van der Waals surface area contributed by atoms with Crippen molar-refractivity contribution in [3.8, 4) is 5.75 Å². The van der Waals surface area contributed by atoms with Crippen molar-refractivity contribution < 1.29 is 19.1 Å².